The summed E-state index contributed by atoms with van der Waals surface area (Å²) >= 11 is 6.20. The fourth-order valence-electron chi connectivity index (χ4n) is 2.69. The molecule has 0 bridgehead atoms. The molecule has 5 nitrogen and oxygen atoms in total. The number of amides is 1. The largest absolute Gasteiger partial charge is 0.465 e. The summed E-state index contributed by atoms with van der Waals surface area (Å²) in [5.41, 5.74) is 2.90. The molecule has 2 N–H and O–H groups in total. The number of benzene rings is 1. The van der Waals surface area contributed by atoms with Gasteiger partial charge in [-0.1, -0.05) is 17.7 Å². The van der Waals surface area contributed by atoms with Crippen LogP contribution in [0.3, 0.4) is 0 Å². The van der Waals surface area contributed by atoms with Gasteiger partial charge in [0, 0.05) is 24.0 Å². The molecule has 1 amide bonds. The molecular weight excluding hydrogens is 280 g/mol. The minimum Gasteiger partial charge on any atom is -0.465 e. The standard InChI is InChI=1S/C14H15ClN2O3/c1-17-5-4-8-2-3-10(15)13-12(8)9(7-17)11(20-13)6-16-14(18)19/h2-3,16H,4-7H2,1H3,(H,18,19). The Kier molecular flexibility index (Phi) is 3.31. The van der Waals surface area contributed by atoms with Crippen LogP contribution in [-0.2, 0) is 19.5 Å². The van der Waals surface area contributed by atoms with Gasteiger partial charge in [-0.3, -0.25) is 0 Å². The number of carboxylic acid groups (broad SMARTS) is 1. The molecule has 3 rings (SSSR count). The average molecular weight is 295 g/mol. The Hall–Kier alpha value is -1.72. The van der Waals surface area contributed by atoms with E-state index in [2.05, 4.69) is 10.2 Å². The summed E-state index contributed by atoms with van der Waals surface area (Å²) in [6, 6.07) is 3.86. The Balaban J connectivity index is 2.15. The zero-order chi connectivity index (χ0) is 14.3. The minimum absolute atomic E-state index is 0.156. The second-order valence-electron chi connectivity index (χ2n) is 5.06. The molecular formula is C14H15ClN2O3. The van der Waals surface area contributed by atoms with Gasteiger partial charge in [-0.25, -0.2) is 4.79 Å². The van der Waals surface area contributed by atoms with Crippen LogP contribution in [0.5, 0.6) is 0 Å². The van der Waals surface area contributed by atoms with Crippen LogP contribution < -0.4 is 5.32 Å². The molecule has 0 saturated carbocycles. The molecule has 20 heavy (non-hydrogen) atoms. The maximum absolute atomic E-state index is 10.7. The van der Waals surface area contributed by atoms with Crippen molar-refractivity contribution in [3.8, 4) is 0 Å². The fourth-order valence-corrected chi connectivity index (χ4v) is 2.88. The second-order valence-corrected chi connectivity index (χ2v) is 5.47. The smallest absolute Gasteiger partial charge is 0.405 e. The van der Waals surface area contributed by atoms with E-state index in [1.54, 1.807) is 0 Å². The maximum atomic E-state index is 10.7. The number of hydrogen-bond acceptors (Lipinski definition) is 3. The third-order valence-electron chi connectivity index (χ3n) is 3.65. The Morgan fingerprint density at radius 2 is 2.35 bits per heavy atom. The average Bonchev–Trinajstić information content (AvgIpc) is 2.66. The van der Waals surface area contributed by atoms with E-state index in [4.69, 9.17) is 21.1 Å². The van der Waals surface area contributed by atoms with Gasteiger partial charge >= 0.3 is 6.09 Å². The molecule has 1 aromatic heterocycles. The molecule has 0 spiro atoms. The molecule has 1 aliphatic rings. The number of nitrogens with zero attached hydrogens (tertiary/aromatic N) is 1. The predicted octanol–water partition coefficient (Wildman–Crippen LogP) is 2.84. The predicted molar refractivity (Wildman–Crippen MR) is 76.1 cm³/mol. The van der Waals surface area contributed by atoms with E-state index in [1.807, 2.05) is 19.2 Å². The SMILES string of the molecule is CN1CCc2ccc(Cl)c3oc(CNC(=O)O)c(c23)C1. The molecule has 0 aliphatic carbocycles. The normalized spacial score (nSPS) is 15.3. The van der Waals surface area contributed by atoms with Crippen molar-refractivity contribution < 1.29 is 14.3 Å². The zero-order valence-electron chi connectivity index (χ0n) is 11.1. The van der Waals surface area contributed by atoms with Crippen LogP contribution in [0.25, 0.3) is 11.0 Å². The lowest BCUT2D eigenvalue weighted by atomic mass is 10.0. The first-order valence-corrected chi connectivity index (χ1v) is 6.81. The van der Waals surface area contributed by atoms with Crippen LogP contribution in [0.15, 0.2) is 16.5 Å². The topological polar surface area (TPSA) is 65.7 Å². The van der Waals surface area contributed by atoms with Crippen molar-refractivity contribution >= 4 is 28.7 Å². The monoisotopic (exact) mass is 294 g/mol. The van der Waals surface area contributed by atoms with E-state index >= 15 is 0 Å². The Morgan fingerprint density at radius 3 is 3.10 bits per heavy atom. The highest BCUT2D eigenvalue weighted by Gasteiger charge is 2.23. The number of rotatable bonds is 2. The van der Waals surface area contributed by atoms with Gasteiger partial charge in [0.05, 0.1) is 11.6 Å². The highest BCUT2D eigenvalue weighted by molar-refractivity contribution is 6.35. The summed E-state index contributed by atoms with van der Waals surface area (Å²) in [6.07, 6.45) is -0.131. The van der Waals surface area contributed by atoms with Crippen LogP contribution in [0.1, 0.15) is 16.9 Å². The van der Waals surface area contributed by atoms with Gasteiger partial charge in [-0.15, -0.1) is 0 Å². The van der Waals surface area contributed by atoms with Gasteiger partial charge in [-0.05, 0) is 25.1 Å². The first-order chi connectivity index (χ1) is 9.56. The third kappa shape index (κ3) is 2.23. The van der Waals surface area contributed by atoms with Crippen molar-refractivity contribution in [2.45, 2.75) is 19.5 Å². The van der Waals surface area contributed by atoms with Gasteiger partial charge in [-0.2, -0.15) is 0 Å². The van der Waals surface area contributed by atoms with Crippen LogP contribution in [0.4, 0.5) is 4.79 Å². The van der Waals surface area contributed by atoms with Crippen molar-refractivity contribution in [1.29, 1.82) is 0 Å². The Bertz CT molecular complexity index is 681. The molecule has 0 unspecified atom stereocenters. The van der Waals surface area contributed by atoms with Crippen LogP contribution in [0, 0.1) is 0 Å². The molecule has 0 saturated heterocycles. The molecule has 106 valence electrons. The quantitative estimate of drug-likeness (QED) is 0.894. The fraction of sp³-hybridized carbons (Fsp3) is 0.357. The summed E-state index contributed by atoms with van der Waals surface area (Å²) in [4.78, 5) is 12.9. The first kappa shape index (κ1) is 13.3. The van der Waals surface area contributed by atoms with E-state index < -0.39 is 6.09 Å². The summed E-state index contributed by atoms with van der Waals surface area (Å²) in [6.45, 7) is 1.84. The maximum Gasteiger partial charge on any atom is 0.405 e. The van der Waals surface area contributed by atoms with Gasteiger partial charge < -0.3 is 19.7 Å². The Morgan fingerprint density at radius 1 is 1.55 bits per heavy atom. The highest BCUT2D eigenvalue weighted by atomic mass is 35.5. The van der Waals surface area contributed by atoms with Crippen molar-refractivity contribution in [3.05, 3.63) is 34.0 Å². The second kappa shape index (κ2) is 5.00. The van der Waals surface area contributed by atoms with Crippen molar-refractivity contribution in [2.75, 3.05) is 13.6 Å². The van der Waals surface area contributed by atoms with Crippen LogP contribution in [0.2, 0.25) is 5.02 Å². The number of furan rings is 1. The first-order valence-electron chi connectivity index (χ1n) is 6.43. The van der Waals surface area contributed by atoms with E-state index in [0.29, 0.717) is 16.4 Å². The molecule has 0 fully saturated rings. The van der Waals surface area contributed by atoms with E-state index in [0.717, 1.165) is 30.5 Å². The summed E-state index contributed by atoms with van der Waals surface area (Å²) < 4.78 is 5.81. The Labute approximate surface area is 121 Å². The summed E-state index contributed by atoms with van der Waals surface area (Å²) in [5.74, 6) is 0.644. The number of carbonyl (C=O) groups is 1. The van der Waals surface area contributed by atoms with Crippen molar-refractivity contribution in [1.82, 2.24) is 10.2 Å². The number of nitrogens with one attached hydrogen (secondary N) is 1. The number of hydrogen-bond donors (Lipinski definition) is 2. The molecule has 6 heteroatoms. The van der Waals surface area contributed by atoms with Gasteiger partial charge in [0.2, 0.25) is 0 Å². The molecule has 1 aromatic carbocycles. The van der Waals surface area contributed by atoms with Crippen molar-refractivity contribution in [3.63, 3.8) is 0 Å². The van der Waals surface area contributed by atoms with Crippen molar-refractivity contribution in [2.24, 2.45) is 0 Å². The zero-order valence-corrected chi connectivity index (χ0v) is 11.8. The van der Waals surface area contributed by atoms with Gasteiger partial charge in [0.15, 0.2) is 5.58 Å². The molecule has 2 heterocycles. The molecule has 2 aromatic rings. The third-order valence-corrected chi connectivity index (χ3v) is 3.95. The lowest BCUT2D eigenvalue weighted by Crippen LogP contribution is -2.22. The van der Waals surface area contributed by atoms with E-state index in [1.165, 1.54) is 5.56 Å². The van der Waals surface area contributed by atoms with Gasteiger partial charge in [0.1, 0.15) is 5.76 Å². The lowest BCUT2D eigenvalue weighted by molar-refractivity contribution is 0.193. The van der Waals surface area contributed by atoms with Gasteiger partial charge in [0.25, 0.3) is 0 Å². The van der Waals surface area contributed by atoms with E-state index in [-0.39, 0.29) is 6.54 Å². The minimum atomic E-state index is -1.06. The van der Waals surface area contributed by atoms with Crippen LogP contribution >= 0.6 is 11.6 Å². The highest BCUT2D eigenvalue weighted by Crippen LogP contribution is 2.36. The molecule has 1 aliphatic heterocycles. The molecule has 0 atom stereocenters. The summed E-state index contributed by atoms with van der Waals surface area (Å²) in [5, 5.41) is 12.7. The molecule has 0 radical (unpaired) electrons. The number of halogens is 1. The lowest BCUT2D eigenvalue weighted by Gasteiger charge is -2.13. The van der Waals surface area contributed by atoms with E-state index in [9.17, 15) is 4.79 Å². The summed E-state index contributed by atoms with van der Waals surface area (Å²) in [7, 11) is 2.04. The number of likely N-dealkylation sites (N-methyl/N-ethyl adjacent to an activating group) is 1. The van der Waals surface area contributed by atoms with Crippen LogP contribution in [-0.4, -0.2) is 29.7 Å².